The van der Waals surface area contributed by atoms with Crippen LogP contribution in [0.5, 0.6) is 0 Å². The molecule has 26 heavy (non-hydrogen) atoms. The summed E-state index contributed by atoms with van der Waals surface area (Å²) >= 11 is 0. The molecule has 0 saturated carbocycles. The molecule has 0 spiro atoms. The van der Waals surface area contributed by atoms with Crippen LogP contribution in [0.15, 0.2) is 17.1 Å². The standard InChI is InChI=1S/C20H37NO5/c1-3-18(2)20-8-4-6-19(21-20)7-5-10-23-12-14-25-16-17-26-15-13-24-11-9-22/h4,6,18,20,22H,3,5,7-17H2,1-2H3. The molecular formula is C20H37NO5. The number of nitrogens with zero attached hydrogens (tertiary/aromatic N) is 1. The molecule has 0 aromatic rings. The molecule has 1 N–H and O–H groups in total. The second-order valence-corrected chi connectivity index (χ2v) is 6.49. The van der Waals surface area contributed by atoms with Crippen molar-refractivity contribution in [2.24, 2.45) is 10.9 Å². The molecule has 6 nitrogen and oxygen atoms in total. The highest BCUT2D eigenvalue weighted by Gasteiger charge is 2.16. The number of rotatable bonds is 17. The van der Waals surface area contributed by atoms with Gasteiger partial charge in [-0.05, 0) is 31.3 Å². The van der Waals surface area contributed by atoms with Crippen LogP contribution in [0.2, 0.25) is 0 Å². The zero-order chi connectivity index (χ0) is 18.9. The lowest BCUT2D eigenvalue weighted by Crippen LogP contribution is -2.19. The van der Waals surface area contributed by atoms with Crippen LogP contribution >= 0.6 is 0 Å². The molecule has 0 amide bonds. The summed E-state index contributed by atoms with van der Waals surface area (Å²) in [4.78, 5) is 4.87. The van der Waals surface area contributed by atoms with Crippen LogP contribution in [-0.2, 0) is 18.9 Å². The molecule has 1 aliphatic rings. The molecule has 1 aliphatic heterocycles. The number of ether oxygens (including phenoxy) is 4. The maximum atomic E-state index is 8.54. The Morgan fingerprint density at radius 2 is 1.58 bits per heavy atom. The lowest BCUT2D eigenvalue weighted by atomic mass is 9.94. The van der Waals surface area contributed by atoms with Crippen LogP contribution in [0.25, 0.3) is 0 Å². The summed E-state index contributed by atoms with van der Waals surface area (Å²) in [5.41, 5.74) is 1.21. The van der Waals surface area contributed by atoms with Crippen LogP contribution in [0.1, 0.15) is 39.5 Å². The molecule has 0 radical (unpaired) electrons. The quantitative estimate of drug-likeness (QED) is 0.398. The molecular weight excluding hydrogens is 334 g/mol. The van der Waals surface area contributed by atoms with Gasteiger partial charge in [-0.1, -0.05) is 26.3 Å². The van der Waals surface area contributed by atoms with Gasteiger partial charge in [0.05, 0.1) is 58.9 Å². The second kappa shape index (κ2) is 16.4. The Labute approximate surface area is 158 Å². The van der Waals surface area contributed by atoms with Crippen molar-refractivity contribution in [3.05, 3.63) is 12.2 Å². The fourth-order valence-electron chi connectivity index (χ4n) is 2.61. The fourth-order valence-corrected chi connectivity index (χ4v) is 2.61. The summed E-state index contributed by atoms with van der Waals surface area (Å²) in [6, 6.07) is 0.456. The number of dihydropyridines is 1. The van der Waals surface area contributed by atoms with Crippen molar-refractivity contribution in [1.29, 1.82) is 0 Å². The Kier molecular flexibility index (Phi) is 14.7. The van der Waals surface area contributed by atoms with Crippen molar-refractivity contribution in [3.8, 4) is 0 Å². The summed E-state index contributed by atoms with van der Waals surface area (Å²) in [7, 11) is 0. The Balaban J connectivity index is 1.88. The Bertz CT molecular complexity index is 386. The predicted molar refractivity (Wildman–Crippen MR) is 104 cm³/mol. The van der Waals surface area contributed by atoms with E-state index in [1.807, 2.05) is 0 Å². The first-order valence-electron chi connectivity index (χ1n) is 9.93. The van der Waals surface area contributed by atoms with E-state index in [-0.39, 0.29) is 6.61 Å². The minimum atomic E-state index is 0.0481. The molecule has 0 fully saturated rings. The van der Waals surface area contributed by atoms with Gasteiger partial charge in [-0.3, -0.25) is 4.99 Å². The molecule has 0 saturated heterocycles. The molecule has 152 valence electrons. The second-order valence-electron chi connectivity index (χ2n) is 6.49. The minimum Gasteiger partial charge on any atom is -0.394 e. The maximum absolute atomic E-state index is 8.54. The van der Waals surface area contributed by atoms with Crippen molar-refractivity contribution < 1.29 is 24.1 Å². The highest BCUT2D eigenvalue weighted by molar-refractivity contribution is 5.95. The highest BCUT2D eigenvalue weighted by atomic mass is 16.6. The molecule has 1 rings (SSSR count). The number of aliphatic imine (C=N–C) groups is 1. The molecule has 1 heterocycles. The smallest absolute Gasteiger partial charge is 0.0701 e. The van der Waals surface area contributed by atoms with Gasteiger partial charge in [-0.15, -0.1) is 0 Å². The molecule has 0 aromatic heterocycles. The van der Waals surface area contributed by atoms with E-state index in [0.717, 1.165) is 25.9 Å². The maximum Gasteiger partial charge on any atom is 0.0701 e. The van der Waals surface area contributed by atoms with Crippen LogP contribution < -0.4 is 0 Å². The van der Waals surface area contributed by atoms with Crippen LogP contribution in [0.3, 0.4) is 0 Å². The van der Waals surface area contributed by atoms with Crippen molar-refractivity contribution in [3.63, 3.8) is 0 Å². The van der Waals surface area contributed by atoms with Gasteiger partial charge in [-0.2, -0.15) is 0 Å². The molecule has 0 aliphatic carbocycles. The third kappa shape index (κ3) is 11.8. The van der Waals surface area contributed by atoms with Crippen LogP contribution in [0.4, 0.5) is 0 Å². The zero-order valence-electron chi connectivity index (χ0n) is 16.5. The first-order chi connectivity index (χ1) is 12.8. The topological polar surface area (TPSA) is 69.5 Å². The number of aliphatic hydroxyl groups is 1. The average molecular weight is 372 g/mol. The number of hydrogen-bond donors (Lipinski definition) is 1. The summed E-state index contributed by atoms with van der Waals surface area (Å²) in [6.45, 7) is 8.98. The Hall–Kier alpha value is -0.790. The monoisotopic (exact) mass is 371 g/mol. The Morgan fingerprint density at radius 1 is 1.00 bits per heavy atom. The highest BCUT2D eigenvalue weighted by Crippen LogP contribution is 2.19. The van der Waals surface area contributed by atoms with Crippen LogP contribution in [0, 0.1) is 5.92 Å². The minimum absolute atomic E-state index is 0.0481. The van der Waals surface area contributed by atoms with Gasteiger partial charge >= 0.3 is 0 Å². The third-order valence-electron chi connectivity index (χ3n) is 4.39. The SMILES string of the molecule is CCC(C)C1CC=CC(CCCOCCOCCOCCOCCO)=N1. The number of hydrogen-bond acceptors (Lipinski definition) is 6. The van der Waals surface area contributed by atoms with E-state index < -0.39 is 0 Å². The lowest BCUT2D eigenvalue weighted by molar-refractivity contribution is -0.00555. The van der Waals surface area contributed by atoms with Crippen molar-refractivity contribution in [2.45, 2.75) is 45.6 Å². The first kappa shape index (κ1) is 23.2. The number of allylic oxidation sites excluding steroid dienone is 1. The van der Waals surface area contributed by atoms with E-state index in [1.165, 1.54) is 12.1 Å². The summed E-state index contributed by atoms with van der Waals surface area (Å²) in [6.07, 6.45) is 8.65. The largest absolute Gasteiger partial charge is 0.394 e. The summed E-state index contributed by atoms with van der Waals surface area (Å²) in [5, 5.41) is 8.54. The number of aliphatic hydroxyl groups excluding tert-OH is 1. The molecule has 0 aromatic carbocycles. The van der Waals surface area contributed by atoms with Gasteiger partial charge in [0.15, 0.2) is 0 Å². The van der Waals surface area contributed by atoms with E-state index in [1.54, 1.807) is 0 Å². The Morgan fingerprint density at radius 3 is 2.15 bits per heavy atom. The van der Waals surface area contributed by atoms with Gasteiger partial charge in [0.25, 0.3) is 0 Å². The van der Waals surface area contributed by atoms with Crippen molar-refractivity contribution >= 4 is 5.71 Å². The fraction of sp³-hybridized carbons (Fsp3) is 0.850. The van der Waals surface area contributed by atoms with E-state index in [9.17, 15) is 0 Å². The van der Waals surface area contributed by atoms with E-state index in [4.69, 9.17) is 29.0 Å². The van der Waals surface area contributed by atoms with Gasteiger partial charge in [0.2, 0.25) is 0 Å². The van der Waals surface area contributed by atoms with Crippen LogP contribution in [-0.4, -0.2) is 76.3 Å². The van der Waals surface area contributed by atoms with E-state index in [0.29, 0.717) is 58.2 Å². The summed E-state index contributed by atoms with van der Waals surface area (Å²) in [5.74, 6) is 0.653. The van der Waals surface area contributed by atoms with Gasteiger partial charge in [0, 0.05) is 12.3 Å². The summed E-state index contributed by atoms with van der Waals surface area (Å²) < 4.78 is 21.5. The molecule has 2 atom stereocenters. The van der Waals surface area contributed by atoms with Crippen molar-refractivity contribution in [2.75, 3.05) is 59.5 Å². The molecule has 6 heteroatoms. The molecule has 2 unspecified atom stereocenters. The first-order valence-corrected chi connectivity index (χ1v) is 9.93. The van der Waals surface area contributed by atoms with Gasteiger partial charge in [0.1, 0.15) is 0 Å². The molecule has 0 bridgehead atoms. The lowest BCUT2D eigenvalue weighted by Gasteiger charge is -2.21. The normalized spacial score (nSPS) is 18.1. The third-order valence-corrected chi connectivity index (χ3v) is 4.39. The predicted octanol–water partition coefficient (Wildman–Crippen LogP) is 2.64. The average Bonchev–Trinajstić information content (AvgIpc) is 2.68. The zero-order valence-corrected chi connectivity index (χ0v) is 16.5. The van der Waals surface area contributed by atoms with E-state index in [2.05, 4.69) is 26.0 Å². The van der Waals surface area contributed by atoms with Crippen molar-refractivity contribution in [1.82, 2.24) is 0 Å². The van der Waals surface area contributed by atoms with Gasteiger partial charge in [-0.25, -0.2) is 0 Å². The van der Waals surface area contributed by atoms with E-state index >= 15 is 0 Å². The van der Waals surface area contributed by atoms with Gasteiger partial charge < -0.3 is 24.1 Å².